The molecular formula is C29H27NO6. The first kappa shape index (κ1) is 24.7. The summed E-state index contributed by atoms with van der Waals surface area (Å²) < 4.78 is 16.3. The van der Waals surface area contributed by atoms with Crippen LogP contribution in [0.1, 0.15) is 19.4 Å². The van der Waals surface area contributed by atoms with Crippen LogP contribution in [-0.2, 0) is 20.7 Å². The second kappa shape index (κ2) is 11.4. The molecule has 0 saturated heterocycles. The summed E-state index contributed by atoms with van der Waals surface area (Å²) in [5.41, 5.74) is 2.40. The Balaban J connectivity index is 1.46. The molecule has 0 aliphatic carbocycles. The van der Waals surface area contributed by atoms with Gasteiger partial charge in [-0.3, -0.25) is 4.79 Å². The van der Waals surface area contributed by atoms with Crippen LogP contribution >= 0.6 is 0 Å². The molecule has 4 rings (SSSR count). The Hall–Kier alpha value is -4.39. The highest BCUT2D eigenvalue weighted by molar-refractivity contribution is 5.93. The summed E-state index contributed by atoms with van der Waals surface area (Å²) >= 11 is 0. The zero-order valence-corrected chi connectivity index (χ0v) is 20.1. The molecule has 0 fully saturated rings. The Kier molecular flexibility index (Phi) is 7.80. The summed E-state index contributed by atoms with van der Waals surface area (Å²) in [7, 11) is 0. The monoisotopic (exact) mass is 485 g/mol. The maximum atomic E-state index is 12.6. The van der Waals surface area contributed by atoms with Gasteiger partial charge in [0.15, 0.2) is 6.61 Å². The van der Waals surface area contributed by atoms with Gasteiger partial charge in [0, 0.05) is 23.9 Å². The molecule has 0 aliphatic rings. The average Bonchev–Trinajstić information content (AvgIpc) is 2.87. The van der Waals surface area contributed by atoms with Crippen molar-refractivity contribution in [2.45, 2.75) is 32.4 Å². The zero-order chi connectivity index (χ0) is 25.5. The molecule has 1 heterocycles. The van der Waals surface area contributed by atoms with Gasteiger partial charge in [0.25, 0.3) is 5.91 Å². The number of nitrogens with one attached hydrogen (secondary N) is 1. The van der Waals surface area contributed by atoms with Gasteiger partial charge in [-0.1, -0.05) is 60.7 Å². The molecule has 7 heteroatoms. The molecule has 0 spiro atoms. The summed E-state index contributed by atoms with van der Waals surface area (Å²) in [6.07, 6.45) is -0.0152. The van der Waals surface area contributed by atoms with Crippen molar-refractivity contribution in [2.75, 3.05) is 6.61 Å². The molecule has 184 valence electrons. The Morgan fingerprint density at radius 3 is 2.31 bits per heavy atom. The molecule has 1 amide bonds. The standard InChI is InChI=1S/C29H27NO6/c1-19(2)35-29(33)25(15-20-9-5-3-6-10-20)30-27(31)18-34-22-13-14-23-24(21-11-7-4-8-12-21)17-28(32)36-26(23)16-22/h3-14,16-17,19,25H,15,18H2,1-2H3,(H,30,31)/t25-/m0/s1. The third-order valence-corrected chi connectivity index (χ3v) is 5.42. The van der Waals surface area contributed by atoms with E-state index >= 15 is 0 Å². The smallest absolute Gasteiger partial charge is 0.336 e. The molecule has 3 aromatic carbocycles. The second-order valence-corrected chi connectivity index (χ2v) is 8.59. The van der Waals surface area contributed by atoms with E-state index in [1.165, 1.54) is 6.07 Å². The van der Waals surface area contributed by atoms with Crippen molar-refractivity contribution in [1.82, 2.24) is 5.32 Å². The highest BCUT2D eigenvalue weighted by atomic mass is 16.5. The molecule has 7 nitrogen and oxygen atoms in total. The Labute approximate surface area is 208 Å². The molecule has 0 bridgehead atoms. The van der Waals surface area contributed by atoms with Gasteiger partial charge in [-0.25, -0.2) is 9.59 Å². The third-order valence-electron chi connectivity index (χ3n) is 5.42. The van der Waals surface area contributed by atoms with Crippen LogP contribution in [0.3, 0.4) is 0 Å². The van der Waals surface area contributed by atoms with Crippen LogP contribution in [0.25, 0.3) is 22.1 Å². The molecule has 1 N–H and O–H groups in total. The van der Waals surface area contributed by atoms with Crippen LogP contribution in [0.4, 0.5) is 0 Å². The van der Waals surface area contributed by atoms with Crippen molar-refractivity contribution < 1.29 is 23.5 Å². The van der Waals surface area contributed by atoms with Crippen LogP contribution in [0.2, 0.25) is 0 Å². The van der Waals surface area contributed by atoms with E-state index in [0.717, 1.165) is 22.1 Å². The summed E-state index contributed by atoms with van der Waals surface area (Å²) in [6, 6.07) is 24.6. The van der Waals surface area contributed by atoms with E-state index in [1.807, 2.05) is 60.7 Å². The molecule has 36 heavy (non-hydrogen) atoms. The molecule has 0 unspecified atom stereocenters. The number of hydrogen-bond acceptors (Lipinski definition) is 6. The van der Waals surface area contributed by atoms with Crippen LogP contribution in [-0.4, -0.2) is 30.6 Å². The van der Waals surface area contributed by atoms with Gasteiger partial charge in [0.2, 0.25) is 0 Å². The third kappa shape index (κ3) is 6.39. The predicted molar refractivity (Wildman–Crippen MR) is 137 cm³/mol. The SMILES string of the molecule is CC(C)OC(=O)[C@H](Cc1ccccc1)NC(=O)COc1ccc2c(-c3ccccc3)cc(=O)oc2c1. The summed E-state index contributed by atoms with van der Waals surface area (Å²) in [5, 5.41) is 3.45. The lowest BCUT2D eigenvalue weighted by molar-refractivity contribution is -0.151. The first-order valence-corrected chi connectivity index (χ1v) is 11.7. The maximum absolute atomic E-state index is 12.6. The first-order valence-electron chi connectivity index (χ1n) is 11.7. The highest BCUT2D eigenvalue weighted by Crippen LogP contribution is 2.29. The normalized spacial score (nSPS) is 11.8. The lowest BCUT2D eigenvalue weighted by atomic mass is 10.0. The fourth-order valence-corrected chi connectivity index (χ4v) is 3.83. The van der Waals surface area contributed by atoms with Crippen molar-refractivity contribution >= 4 is 22.8 Å². The topological polar surface area (TPSA) is 94.8 Å². The van der Waals surface area contributed by atoms with E-state index in [9.17, 15) is 14.4 Å². The van der Waals surface area contributed by atoms with Crippen molar-refractivity contribution in [3.05, 3.63) is 101 Å². The predicted octanol–water partition coefficient (Wildman–Crippen LogP) is 4.52. The number of rotatable bonds is 9. The van der Waals surface area contributed by atoms with Gasteiger partial charge in [-0.2, -0.15) is 0 Å². The lowest BCUT2D eigenvalue weighted by Gasteiger charge is -2.19. The molecule has 4 aromatic rings. The number of esters is 1. The number of fused-ring (bicyclic) bond motifs is 1. The molecular weight excluding hydrogens is 458 g/mol. The molecule has 1 atom stereocenters. The minimum Gasteiger partial charge on any atom is -0.484 e. The van der Waals surface area contributed by atoms with Gasteiger partial charge < -0.3 is 19.2 Å². The van der Waals surface area contributed by atoms with E-state index in [2.05, 4.69) is 5.32 Å². The minimum atomic E-state index is -0.853. The molecule has 0 aliphatic heterocycles. The van der Waals surface area contributed by atoms with Crippen molar-refractivity contribution in [1.29, 1.82) is 0 Å². The average molecular weight is 486 g/mol. The fourth-order valence-electron chi connectivity index (χ4n) is 3.83. The summed E-state index contributed by atoms with van der Waals surface area (Å²) in [5.74, 6) is -0.630. The quantitative estimate of drug-likeness (QED) is 0.277. The van der Waals surface area contributed by atoms with E-state index in [0.29, 0.717) is 17.8 Å². The van der Waals surface area contributed by atoms with E-state index in [-0.39, 0.29) is 12.7 Å². The Bertz CT molecular complexity index is 1400. The van der Waals surface area contributed by atoms with Crippen LogP contribution in [0.5, 0.6) is 5.75 Å². The number of hydrogen-bond donors (Lipinski definition) is 1. The number of amides is 1. The van der Waals surface area contributed by atoms with Crippen molar-refractivity contribution in [3.8, 4) is 16.9 Å². The fraction of sp³-hybridized carbons (Fsp3) is 0.207. The van der Waals surface area contributed by atoms with Gasteiger partial charge in [-0.15, -0.1) is 0 Å². The van der Waals surface area contributed by atoms with Gasteiger partial charge >= 0.3 is 11.6 Å². The second-order valence-electron chi connectivity index (χ2n) is 8.59. The molecule has 1 aromatic heterocycles. The highest BCUT2D eigenvalue weighted by Gasteiger charge is 2.24. The van der Waals surface area contributed by atoms with Gasteiger partial charge in [-0.05, 0) is 42.7 Å². The van der Waals surface area contributed by atoms with Crippen LogP contribution < -0.4 is 15.7 Å². The number of carbonyl (C=O) groups excluding carboxylic acids is 2. The summed E-state index contributed by atoms with van der Waals surface area (Å²) in [4.78, 5) is 37.4. The largest absolute Gasteiger partial charge is 0.484 e. The maximum Gasteiger partial charge on any atom is 0.336 e. The van der Waals surface area contributed by atoms with Crippen molar-refractivity contribution in [2.24, 2.45) is 0 Å². The zero-order valence-electron chi connectivity index (χ0n) is 20.1. The van der Waals surface area contributed by atoms with Crippen molar-refractivity contribution in [3.63, 3.8) is 0 Å². The summed E-state index contributed by atoms with van der Waals surface area (Å²) in [6.45, 7) is 3.18. The van der Waals surface area contributed by atoms with Crippen LogP contribution in [0, 0.1) is 0 Å². The lowest BCUT2D eigenvalue weighted by Crippen LogP contribution is -2.45. The van der Waals surface area contributed by atoms with E-state index in [4.69, 9.17) is 13.9 Å². The van der Waals surface area contributed by atoms with E-state index in [1.54, 1.807) is 32.0 Å². The Morgan fingerprint density at radius 2 is 1.61 bits per heavy atom. The number of benzene rings is 3. The van der Waals surface area contributed by atoms with E-state index < -0.39 is 23.5 Å². The number of carbonyl (C=O) groups is 2. The molecule has 0 saturated carbocycles. The first-order chi connectivity index (χ1) is 17.4. The minimum absolute atomic E-state index is 0.293. The van der Waals surface area contributed by atoms with Crippen LogP contribution in [0.15, 0.2) is 94.1 Å². The Morgan fingerprint density at radius 1 is 0.917 bits per heavy atom. The number of ether oxygens (including phenoxy) is 2. The molecule has 0 radical (unpaired) electrons. The van der Waals surface area contributed by atoms with Gasteiger partial charge in [0.05, 0.1) is 6.10 Å². The van der Waals surface area contributed by atoms with Gasteiger partial charge in [0.1, 0.15) is 17.4 Å².